The Kier molecular flexibility index (Phi) is 6.69. The monoisotopic (exact) mass is 440 g/mol. The molecule has 1 fully saturated rings. The van der Waals surface area contributed by atoms with Crippen LogP contribution in [0.15, 0.2) is 0 Å². The highest BCUT2D eigenvalue weighted by molar-refractivity contribution is 7.17. The third kappa shape index (κ3) is 5.30. The summed E-state index contributed by atoms with van der Waals surface area (Å²) in [6.07, 6.45) is 0.823. The molecule has 166 valence electrons. The summed E-state index contributed by atoms with van der Waals surface area (Å²) >= 11 is 1.36. The molecule has 1 aromatic rings. The summed E-state index contributed by atoms with van der Waals surface area (Å²) in [5.74, 6) is -1.13. The standard InChI is InChI=1S/C21H29FN2O5S/c1-5-28-19(26)16-14-10-13(23-20(27)29-21(2,3)4)6-7-15(14)30-18(16)24-17(25)11-8-12(22)9-11/h11-13H,5-10H2,1-4H3,(H,23,27)(H,24,25)/t11?,12?,13-/m0/s1. The number of thiophene rings is 1. The van der Waals surface area contributed by atoms with E-state index in [9.17, 15) is 18.8 Å². The van der Waals surface area contributed by atoms with E-state index in [2.05, 4.69) is 10.6 Å². The zero-order valence-corrected chi connectivity index (χ0v) is 18.6. The summed E-state index contributed by atoms with van der Waals surface area (Å²) in [5.41, 5.74) is 0.537. The van der Waals surface area contributed by atoms with Gasteiger partial charge in [-0.25, -0.2) is 14.0 Å². The molecule has 0 radical (unpaired) electrons. The molecular weight excluding hydrogens is 411 g/mol. The molecule has 0 aliphatic heterocycles. The van der Waals surface area contributed by atoms with E-state index in [1.165, 1.54) is 11.3 Å². The number of anilines is 1. The van der Waals surface area contributed by atoms with Crippen molar-refractivity contribution in [3.05, 3.63) is 16.0 Å². The first-order chi connectivity index (χ1) is 14.1. The number of hydrogen-bond acceptors (Lipinski definition) is 6. The molecule has 2 aliphatic rings. The fraction of sp³-hybridized carbons (Fsp3) is 0.667. The molecule has 0 saturated heterocycles. The number of nitrogens with one attached hydrogen (secondary N) is 2. The molecule has 7 nitrogen and oxygen atoms in total. The van der Waals surface area contributed by atoms with Crippen LogP contribution in [0.3, 0.4) is 0 Å². The Hall–Kier alpha value is -2.16. The first kappa shape index (κ1) is 22.5. The molecule has 9 heteroatoms. The van der Waals surface area contributed by atoms with E-state index in [0.717, 1.165) is 10.4 Å². The second kappa shape index (κ2) is 8.91. The summed E-state index contributed by atoms with van der Waals surface area (Å²) in [7, 11) is 0. The van der Waals surface area contributed by atoms with Gasteiger partial charge in [-0.3, -0.25) is 4.79 Å². The topological polar surface area (TPSA) is 93.7 Å². The SMILES string of the molecule is CCOC(=O)c1c(NC(=O)C2CC(F)C2)sc2c1C[C@@H](NC(=O)OC(C)(C)C)CC2. The molecule has 0 bridgehead atoms. The lowest BCUT2D eigenvalue weighted by atomic mass is 9.83. The first-order valence-electron chi connectivity index (χ1n) is 10.3. The molecule has 0 spiro atoms. The molecule has 1 aromatic heterocycles. The molecule has 30 heavy (non-hydrogen) atoms. The van der Waals surface area contributed by atoms with E-state index >= 15 is 0 Å². The summed E-state index contributed by atoms with van der Waals surface area (Å²) in [6.45, 7) is 7.32. The number of alkyl halides is 1. The number of carbonyl (C=O) groups is 3. The highest BCUT2D eigenvalue weighted by Crippen LogP contribution is 2.40. The lowest BCUT2D eigenvalue weighted by molar-refractivity contribution is -0.124. The van der Waals surface area contributed by atoms with Crippen LogP contribution in [-0.2, 0) is 27.1 Å². The summed E-state index contributed by atoms with van der Waals surface area (Å²) in [6, 6.07) is -0.183. The van der Waals surface area contributed by atoms with Crippen LogP contribution in [-0.4, -0.2) is 42.4 Å². The van der Waals surface area contributed by atoms with Crippen LogP contribution in [0.2, 0.25) is 0 Å². The van der Waals surface area contributed by atoms with Crippen molar-refractivity contribution < 1.29 is 28.2 Å². The number of ether oxygens (including phenoxy) is 2. The Morgan fingerprint density at radius 3 is 2.53 bits per heavy atom. The van der Waals surface area contributed by atoms with Crippen LogP contribution in [0, 0.1) is 5.92 Å². The number of carbonyl (C=O) groups excluding carboxylic acids is 3. The van der Waals surface area contributed by atoms with Gasteiger partial charge in [-0.15, -0.1) is 11.3 Å². The van der Waals surface area contributed by atoms with E-state index in [0.29, 0.717) is 29.8 Å². The van der Waals surface area contributed by atoms with E-state index in [-0.39, 0.29) is 37.3 Å². The number of amides is 2. The smallest absolute Gasteiger partial charge is 0.407 e. The number of halogens is 1. The van der Waals surface area contributed by atoms with Gasteiger partial charge in [0.1, 0.15) is 16.8 Å². The van der Waals surface area contributed by atoms with Crippen molar-refractivity contribution >= 4 is 34.3 Å². The van der Waals surface area contributed by atoms with Gasteiger partial charge in [-0.2, -0.15) is 0 Å². The number of hydrogen-bond donors (Lipinski definition) is 2. The van der Waals surface area contributed by atoms with Crippen molar-refractivity contribution in [2.45, 2.75) is 77.6 Å². The van der Waals surface area contributed by atoms with Crippen molar-refractivity contribution in [1.82, 2.24) is 5.32 Å². The van der Waals surface area contributed by atoms with Crippen LogP contribution in [0.4, 0.5) is 14.2 Å². The van der Waals surface area contributed by atoms with E-state index in [1.54, 1.807) is 27.7 Å². The Morgan fingerprint density at radius 2 is 1.93 bits per heavy atom. The molecule has 1 saturated carbocycles. The maximum atomic E-state index is 13.1. The second-order valence-corrected chi connectivity index (χ2v) is 9.87. The number of rotatable bonds is 5. The van der Waals surface area contributed by atoms with Gasteiger partial charge in [-0.1, -0.05) is 0 Å². The predicted octanol–water partition coefficient (Wildman–Crippen LogP) is 3.99. The molecular formula is C21H29FN2O5S. The molecule has 1 atom stereocenters. The first-order valence-corrected chi connectivity index (χ1v) is 11.1. The van der Waals surface area contributed by atoms with Gasteiger partial charge in [0, 0.05) is 16.8 Å². The van der Waals surface area contributed by atoms with Crippen molar-refractivity contribution in [1.29, 1.82) is 0 Å². The number of fused-ring (bicyclic) bond motifs is 1. The fourth-order valence-corrected chi connectivity index (χ4v) is 4.90. The summed E-state index contributed by atoms with van der Waals surface area (Å²) < 4.78 is 23.7. The molecule has 0 unspecified atom stereocenters. The average Bonchev–Trinajstić information content (AvgIpc) is 2.94. The minimum atomic E-state index is -0.929. The van der Waals surface area contributed by atoms with Gasteiger partial charge in [0.2, 0.25) is 5.91 Å². The van der Waals surface area contributed by atoms with Crippen LogP contribution < -0.4 is 10.6 Å². The van der Waals surface area contributed by atoms with E-state index in [1.807, 2.05) is 0 Å². The zero-order chi connectivity index (χ0) is 22.1. The van der Waals surface area contributed by atoms with Gasteiger partial charge < -0.3 is 20.1 Å². The van der Waals surface area contributed by atoms with Crippen molar-refractivity contribution in [3.63, 3.8) is 0 Å². The molecule has 3 rings (SSSR count). The second-order valence-electron chi connectivity index (χ2n) is 8.77. The normalized spacial score (nSPS) is 23.0. The van der Waals surface area contributed by atoms with Crippen LogP contribution >= 0.6 is 11.3 Å². The lowest BCUT2D eigenvalue weighted by Gasteiger charge is -2.28. The molecule has 2 N–H and O–H groups in total. The summed E-state index contributed by atoms with van der Waals surface area (Å²) in [5, 5.41) is 6.13. The highest BCUT2D eigenvalue weighted by Gasteiger charge is 2.37. The molecule has 2 aliphatic carbocycles. The van der Waals surface area contributed by atoms with Crippen molar-refractivity contribution in [2.75, 3.05) is 11.9 Å². The number of aryl methyl sites for hydroxylation is 1. The minimum absolute atomic E-state index is 0.183. The zero-order valence-electron chi connectivity index (χ0n) is 17.8. The fourth-order valence-electron chi connectivity index (χ4n) is 3.66. The summed E-state index contributed by atoms with van der Waals surface area (Å²) in [4.78, 5) is 38.2. The Balaban J connectivity index is 1.77. The average molecular weight is 441 g/mol. The van der Waals surface area contributed by atoms with Crippen LogP contribution in [0.5, 0.6) is 0 Å². The highest BCUT2D eigenvalue weighted by atomic mass is 32.1. The lowest BCUT2D eigenvalue weighted by Crippen LogP contribution is -2.42. The van der Waals surface area contributed by atoms with Crippen LogP contribution in [0.1, 0.15) is 67.8 Å². The maximum Gasteiger partial charge on any atom is 0.407 e. The molecule has 1 heterocycles. The number of alkyl carbamates (subject to hydrolysis) is 1. The van der Waals surface area contributed by atoms with Gasteiger partial charge in [0.25, 0.3) is 0 Å². The van der Waals surface area contributed by atoms with Crippen molar-refractivity contribution in [2.24, 2.45) is 5.92 Å². The largest absolute Gasteiger partial charge is 0.462 e. The van der Waals surface area contributed by atoms with E-state index < -0.39 is 23.8 Å². The van der Waals surface area contributed by atoms with E-state index in [4.69, 9.17) is 9.47 Å². The molecule has 2 amide bonds. The molecule has 0 aromatic carbocycles. The number of esters is 1. The van der Waals surface area contributed by atoms with Gasteiger partial charge in [0.15, 0.2) is 0 Å². The quantitative estimate of drug-likeness (QED) is 0.675. The maximum absolute atomic E-state index is 13.1. The van der Waals surface area contributed by atoms with Gasteiger partial charge in [-0.05, 0) is 65.4 Å². The van der Waals surface area contributed by atoms with Gasteiger partial charge in [0.05, 0.1) is 12.2 Å². The Labute approximate surface area is 179 Å². The van der Waals surface area contributed by atoms with Crippen LogP contribution in [0.25, 0.3) is 0 Å². The third-order valence-electron chi connectivity index (χ3n) is 5.15. The van der Waals surface area contributed by atoms with Gasteiger partial charge >= 0.3 is 12.1 Å². The Bertz CT molecular complexity index is 826. The Morgan fingerprint density at radius 1 is 1.23 bits per heavy atom. The predicted molar refractivity (Wildman–Crippen MR) is 112 cm³/mol. The third-order valence-corrected chi connectivity index (χ3v) is 6.36. The minimum Gasteiger partial charge on any atom is -0.462 e. The van der Waals surface area contributed by atoms with Crippen molar-refractivity contribution in [3.8, 4) is 0 Å².